The number of rotatable bonds is 0. The average molecular weight is 604 g/mol. The van der Waals surface area contributed by atoms with Gasteiger partial charge in [-0.05, 0) is 79.7 Å². The third-order valence-electron chi connectivity index (χ3n) is 12.6. The molecule has 4 heteroatoms. The Labute approximate surface area is 274 Å². The van der Waals surface area contributed by atoms with Gasteiger partial charge in [0.1, 0.15) is 23.0 Å². The lowest BCUT2D eigenvalue weighted by Gasteiger charge is -2.58. The maximum atomic E-state index is 6.79. The van der Waals surface area contributed by atoms with Crippen LogP contribution in [0.5, 0.6) is 23.0 Å². The molecule has 6 aromatic carbocycles. The first-order chi connectivity index (χ1) is 22.8. The number of fused-ring (bicyclic) bond motifs is 4. The van der Waals surface area contributed by atoms with E-state index in [9.17, 15) is 0 Å². The molecule has 0 saturated carbocycles. The predicted octanol–water partition coefficient (Wildman–Crippen LogP) is 8.17. The fourth-order valence-corrected chi connectivity index (χ4v) is 10.6. The minimum absolute atomic E-state index is 0.0454. The Hall–Kier alpha value is -5.22. The number of ether oxygens (including phenoxy) is 2. The molecule has 0 N–H and O–H groups in total. The zero-order chi connectivity index (χ0) is 31.2. The van der Waals surface area contributed by atoms with Crippen molar-refractivity contribution < 1.29 is 9.47 Å². The molecule has 222 valence electrons. The van der Waals surface area contributed by atoms with Crippen LogP contribution in [0.3, 0.4) is 0 Å². The van der Waals surface area contributed by atoms with Crippen molar-refractivity contribution in [1.82, 2.24) is 0 Å². The van der Waals surface area contributed by atoms with Crippen LogP contribution in [0.15, 0.2) is 109 Å². The Bertz CT molecular complexity index is 2340. The Kier molecular flexibility index (Phi) is 3.98. The zero-order valence-corrected chi connectivity index (χ0v) is 26.7. The van der Waals surface area contributed by atoms with E-state index in [0.29, 0.717) is 0 Å². The highest BCUT2D eigenvalue weighted by Crippen LogP contribution is 2.68. The van der Waals surface area contributed by atoms with Crippen molar-refractivity contribution in [3.8, 4) is 23.0 Å². The standard InChI is InChI=1S/C43H30BNO2/c1-41(2)25-13-5-14-26-38(25)45-39-27(41)15-6-17-29(39)43(30-18-7-16-28(40(30)45)42(26,3)4)23-11-8-19-31-35(23)44-36-24(43)12-9-20-32(36)47-34-22-10-21-33(46-31)37(34)44/h5-22H,1-4H3. The number of hydrogen-bond acceptors (Lipinski definition) is 3. The van der Waals surface area contributed by atoms with E-state index in [-0.39, 0.29) is 17.5 Å². The fourth-order valence-electron chi connectivity index (χ4n) is 10.6. The lowest BCUT2D eigenvalue weighted by atomic mass is 9.29. The molecule has 6 heterocycles. The molecule has 6 aromatic rings. The van der Waals surface area contributed by atoms with Crippen LogP contribution in [0, 0.1) is 0 Å². The van der Waals surface area contributed by atoms with Crippen molar-refractivity contribution in [2.24, 2.45) is 0 Å². The molecule has 0 bridgehead atoms. The van der Waals surface area contributed by atoms with Crippen LogP contribution in [0.25, 0.3) is 0 Å². The first-order valence-electron chi connectivity index (χ1n) is 16.8. The third kappa shape index (κ3) is 2.43. The van der Waals surface area contributed by atoms with Gasteiger partial charge < -0.3 is 14.4 Å². The van der Waals surface area contributed by atoms with Crippen LogP contribution in [-0.2, 0) is 16.2 Å². The Morgan fingerprint density at radius 1 is 0.404 bits per heavy atom. The summed E-state index contributed by atoms with van der Waals surface area (Å²) in [4.78, 5) is 2.65. The van der Waals surface area contributed by atoms with E-state index in [2.05, 4.69) is 136 Å². The van der Waals surface area contributed by atoms with Crippen molar-refractivity contribution in [2.75, 3.05) is 4.90 Å². The van der Waals surface area contributed by atoms with Gasteiger partial charge >= 0.3 is 0 Å². The van der Waals surface area contributed by atoms with Gasteiger partial charge in [-0.15, -0.1) is 0 Å². The third-order valence-corrected chi connectivity index (χ3v) is 12.6. The molecule has 47 heavy (non-hydrogen) atoms. The smallest absolute Gasteiger partial charge is 0.261 e. The van der Waals surface area contributed by atoms with Gasteiger partial charge in [0.25, 0.3) is 6.71 Å². The maximum absolute atomic E-state index is 6.79. The molecule has 12 rings (SSSR count). The Morgan fingerprint density at radius 3 is 1.17 bits per heavy atom. The maximum Gasteiger partial charge on any atom is 0.261 e. The summed E-state index contributed by atoms with van der Waals surface area (Å²) >= 11 is 0. The summed E-state index contributed by atoms with van der Waals surface area (Å²) in [5.74, 6) is 3.68. The molecule has 0 atom stereocenters. The van der Waals surface area contributed by atoms with Crippen molar-refractivity contribution in [3.63, 3.8) is 0 Å². The highest BCUT2D eigenvalue weighted by Gasteiger charge is 2.60. The van der Waals surface area contributed by atoms with Crippen molar-refractivity contribution >= 4 is 40.2 Å². The lowest BCUT2D eigenvalue weighted by molar-refractivity contribution is 0.461. The van der Waals surface area contributed by atoms with E-state index in [1.165, 1.54) is 72.5 Å². The van der Waals surface area contributed by atoms with Gasteiger partial charge in [0.15, 0.2) is 0 Å². The Balaban J connectivity index is 1.32. The molecule has 0 fully saturated rings. The molecule has 6 aliphatic rings. The summed E-state index contributed by atoms with van der Waals surface area (Å²) < 4.78 is 13.6. The number of anilines is 3. The number of hydrogen-bond donors (Lipinski definition) is 0. The van der Waals surface area contributed by atoms with E-state index < -0.39 is 5.41 Å². The van der Waals surface area contributed by atoms with Crippen molar-refractivity contribution in [2.45, 2.75) is 43.9 Å². The summed E-state index contributed by atoms with van der Waals surface area (Å²) in [5.41, 5.74) is 17.6. The van der Waals surface area contributed by atoms with Crippen molar-refractivity contribution in [3.05, 3.63) is 154 Å². The van der Waals surface area contributed by atoms with Crippen LogP contribution in [0.1, 0.15) is 72.2 Å². The van der Waals surface area contributed by atoms with Gasteiger partial charge in [0.2, 0.25) is 0 Å². The highest BCUT2D eigenvalue weighted by atomic mass is 16.5. The second-order valence-corrected chi connectivity index (χ2v) is 15.2. The number of para-hydroxylation sites is 3. The predicted molar refractivity (Wildman–Crippen MR) is 188 cm³/mol. The summed E-state index contributed by atoms with van der Waals surface area (Å²) in [7, 11) is 0. The first kappa shape index (κ1) is 24.9. The van der Waals surface area contributed by atoms with Crippen LogP contribution < -0.4 is 30.8 Å². The van der Waals surface area contributed by atoms with Crippen LogP contribution in [0.2, 0.25) is 0 Å². The van der Waals surface area contributed by atoms with Gasteiger partial charge in [0, 0.05) is 16.3 Å². The molecule has 3 nitrogen and oxygen atoms in total. The number of benzene rings is 6. The molecular weight excluding hydrogens is 573 g/mol. The van der Waals surface area contributed by atoms with E-state index in [1.54, 1.807) is 0 Å². The molecule has 0 radical (unpaired) electrons. The van der Waals surface area contributed by atoms with Crippen LogP contribution in [0.4, 0.5) is 17.1 Å². The lowest BCUT2D eigenvalue weighted by Crippen LogP contribution is -2.66. The molecule has 0 aromatic heterocycles. The summed E-state index contributed by atoms with van der Waals surface area (Å²) in [5, 5.41) is 0. The van der Waals surface area contributed by atoms with E-state index >= 15 is 0 Å². The fraction of sp³-hybridized carbons (Fsp3) is 0.163. The van der Waals surface area contributed by atoms with Gasteiger partial charge in [-0.3, -0.25) is 0 Å². The normalized spacial score (nSPS) is 18.6. The molecular formula is C43H30BNO2. The van der Waals surface area contributed by atoms with E-state index in [4.69, 9.17) is 9.47 Å². The minimum Gasteiger partial charge on any atom is -0.458 e. The topological polar surface area (TPSA) is 21.7 Å². The summed E-state index contributed by atoms with van der Waals surface area (Å²) in [6, 6.07) is 40.9. The Morgan fingerprint density at radius 2 is 0.723 bits per heavy atom. The molecule has 6 aliphatic heterocycles. The largest absolute Gasteiger partial charge is 0.458 e. The van der Waals surface area contributed by atoms with E-state index in [1.807, 2.05) is 6.07 Å². The molecule has 0 saturated heterocycles. The van der Waals surface area contributed by atoms with Crippen molar-refractivity contribution in [1.29, 1.82) is 0 Å². The SMILES string of the molecule is CC1(C)c2cccc3c2N2c4c1cccc4C1(c4cccc5c4B4c6c(cccc6Oc6cccc1c64)O5)c1cccc(c12)C3(C)C. The first-order valence-corrected chi connectivity index (χ1v) is 16.8. The van der Waals surface area contributed by atoms with Gasteiger partial charge in [0.05, 0.1) is 22.5 Å². The summed E-state index contributed by atoms with van der Waals surface area (Å²) in [6.45, 7) is 9.70. The van der Waals surface area contributed by atoms with Gasteiger partial charge in [-0.1, -0.05) is 113 Å². The zero-order valence-electron chi connectivity index (χ0n) is 26.7. The molecule has 1 spiro atoms. The average Bonchev–Trinajstić information content (AvgIpc) is 3.08. The summed E-state index contributed by atoms with van der Waals surface area (Å²) in [6.07, 6.45) is 0. The second kappa shape index (κ2) is 7.50. The monoisotopic (exact) mass is 603 g/mol. The quantitative estimate of drug-likeness (QED) is 0.163. The van der Waals surface area contributed by atoms with Crippen LogP contribution in [-0.4, -0.2) is 6.71 Å². The van der Waals surface area contributed by atoms with Gasteiger partial charge in [-0.2, -0.15) is 0 Å². The molecule has 0 amide bonds. The van der Waals surface area contributed by atoms with E-state index in [0.717, 1.165) is 28.5 Å². The minimum atomic E-state index is -0.577. The van der Waals surface area contributed by atoms with Gasteiger partial charge in [-0.25, -0.2) is 0 Å². The second-order valence-electron chi connectivity index (χ2n) is 15.2. The highest BCUT2D eigenvalue weighted by molar-refractivity contribution is 6.99. The number of nitrogens with zero attached hydrogens (tertiary/aromatic N) is 1. The molecule has 0 aliphatic carbocycles. The molecule has 0 unspecified atom stereocenters. The van der Waals surface area contributed by atoms with Crippen LogP contribution >= 0.6 is 0 Å².